The maximum Gasteiger partial charge on any atom is 0.161 e. The molecule has 0 atom stereocenters. The van der Waals surface area contributed by atoms with Crippen LogP contribution in [0.3, 0.4) is 0 Å². The van der Waals surface area contributed by atoms with Crippen molar-refractivity contribution >= 4 is 17.0 Å². The largest absolute Gasteiger partial charge is 0.385 e. The first-order valence-electron chi connectivity index (χ1n) is 6.49. The lowest BCUT2D eigenvalue weighted by atomic mass is 10.1. The van der Waals surface area contributed by atoms with Gasteiger partial charge in [-0.3, -0.25) is 0 Å². The second kappa shape index (κ2) is 4.26. The molecule has 4 nitrogen and oxygen atoms in total. The van der Waals surface area contributed by atoms with Gasteiger partial charge in [0.1, 0.15) is 11.3 Å². The van der Waals surface area contributed by atoms with Gasteiger partial charge >= 0.3 is 0 Å². The van der Waals surface area contributed by atoms with Gasteiger partial charge in [0.2, 0.25) is 0 Å². The summed E-state index contributed by atoms with van der Waals surface area (Å²) in [4.78, 5) is 9.38. The Balaban J connectivity index is 2.93. The standard InChI is InChI=1S/C14H22N4/c1-7(2)11-12-14(17-10(6)9(5)16-12)18(8(3)4)13(11)15/h7-8H,15H2,1-6H3. The maximum absolute atomic E-state index is 6.30. The first-order valence-corrected chi connectivity index (χ1v) is 6.49. The van der Waals surface area contributed by atoms with Gasteiger partial charge in [-0.1, -0.05) is 13.8 Å². The van der Waals surface area contributed by atoms with E-state index in [2.05, 4.69) is 37.2 Å². The molecule has 0 saturated heterocycles. The van der Waals surface area contributed by atoms with Crippen molar-refractivity contribution < 1.29 is 0 Å². The number of aryl methyl sites for hydroxylation is 2. The van der Waals surface area contributed by atoms with Gasteiger partial charge in [0.05, 0.1) is 11.4 Å². The van der Waals surface area contributed by atoms with Gasteiger partial charge in [0, 0.05) is 11.6 Å². The highest BCUT2D eigenvalue weighted by molar-refractivity contribution is 5.84. The molecular formula is C14H22N4. The van der Waals surface area contributed by atoms with E-state index in [9.17, 15) is 0 Å². The molecule has 4 heteroatoms. The van der Waals surface area contributed by atoms with Crippen LogP contribution in [-0.2, 0) is 0 Å². The number of nitrogen functional groups attached to an aromatic ring is 1. The normalized spacial score (nSPS) is 12.0. The molecule has 2 N–H and O–H groups in total. The number of aromatic nitrogens is 3. The van der Waals surface area contributed by atoms with Crippen molar-refractivity contribution in [2.75, 3.05) is 5.73 Å². The molecule has 2 heterocycles. The Labute approximate surface area is 108 Å². The quantitative estimate of drug-likeness (QED) is 0.884. The van der Waals surface area contributed by atoms with Crippen LogP contribution in [-0.4, -0.2) is 14.5 Å². The van der Waals surface area contributed by atoms with E-state index >= 15 is 0 Å². The summed E-state index contributed by atoms with van der Waals surface area (Å²) in [5, 5.41) is 0. The minimum Gasteiger partial charge on any atom is -0.385 e. The lowest BCUT2D eigenvalue weighted by Crippen LogP contribution is -2.07. The lowest BCUT2D eigenvalue weighted by Gasteiger charge is -2.12. The lowest BCUT2D eigenvalue weighted by molar-refractivity contribution is 0.622. The Morgan fingerprint density at radius 1 is 1.00 bits per heavy atom. The topological polar surface area (TPSA) is 56.7 Å². The molecule has 2 rings (SSSR count). The molecule has 0 aliphatic carbocycles. The van der Waals surface area contributed by atoms with Crippen LogP contribution >= 0.6 is 0 Å². The van der Waals surface area contributed by atoms with Gasteiger partial charge in [-0.2, -0.15) is 0 Å². The predicted octanol–water partition coefficient (Wildman–Crippen LogP) is 3.33. The molecule has 0 bridgehead atoms. The highest BCUT2D eigenvalue weighted by atomic mass is 15.1. The van der Waals surface area contributed by atoms with Crippen molar-refractivity contribution in [1.82, 2.24) is 14.5 Å². The van der Waals surface area contributed by atoms with Crippen molar-refractivity contribution in [3.8, 4) is 0 Å². The van der Waals surface area contributed by atoms with Crippen LogP contribution in [0.1, 0.15) is 56.6 Å². The van der Waals surface area contributed by atoms with Crippen molar-refractivity contribution in [3.05, 3.63) is 17.0 Å². The average molecular weight is 246 g/mol. The van der Waals surface area contributed by atoms with E-state index < -0.39 is 0 Å². The van der Waals surface area contributed by atoms with Crippen LogP contribution in [0.2, 0.25) is 0 Å². The summed E-state index contributed by atoms with van der Waals surface area (Å²) >= 11 is 0. The first kappa shape index (κ1) is 12.9. The van der Waals surface area contributed by atoms with Crippen LogP contribution in [0.25, 0.3) is 11.2 Å². The monoisotopic (exact) mass is 246 g/mol. The van der Waals surface area contributed by atoms with Crippen molar-refractivity contribution in [3.63, 3.8) is 0 Å². The van der Waals surface area contributed by atoms with E-state index in [0.29, 0.717) is 5.92 Å². The molecule has 0 radical (unpaired) electrons. The predicted molar refractivity (Wildman–Crippen MR) is 75.9 cm³/mol. The SMILES string of the molecule is Cc1nc2c(C(C)C)c(N)n(C(C)C)c2nc1C. The van der Waals surface area contributed by atoms with Crippen LogP contribution in [0.5, 0.6) is 0 Å². The van der Waals surface area contributed by atoms with Gasteiger partial charge in [0.25, 0.3) is 0 Å². The molecule has 0 amide bonds. The Morgan fingerprint density at radius 3 is 2.06 bits per heavy atom. The van der Waals surface area contributed by atoms with Gasteiger partial charge < -0.3 is 10.3 Å². The van der Waals surface area contributed by atoms with Crippen molar-refractivity contribution in [2.24, 2.45) is 0 Å². The minimum absolute atomic E-state index is 0.288. The Bertz CT molecular complexity index is 543. The highest BCUT2D eigenvalue weighted by Gasteiger charge is 2.21. The molecule has 2 aromatic rings. The second-order valence-corrected chi connectivity index (χ2v) is 5.48. The molecular weight excluding hydrogens is 224 g/mol. The number of hydrogen-bond donors (Lipinski definition) is 1. The van der Waals surface area contributed by atoms with Crippen molar-refractivity contribution in [2.45, 2.75) is 53.5 Å². The third-order valence-corrected chi connectivity index (χ3v) is 3.40. The summed E-state index contributed by atoms with van der Waals surface area (Å²) in [6.07, 6.45) is 0. The van der Waals surface area contributed by atoms with Crippen LogP contribution < -0.4 is 5.73 Å². The van der Waals surface area contributed by atoms with Gasteiger partial charge in [0.15, 0.2) is 5.65 Å². The molecule has 0 aliphatic heterocycles. The van der Waals surface area contributed by atoms with Gasteiger partial charge in [-0.05, 0) is 33.6 Å². The number of fused-ring (bicyclic) bond motifs is 1. The molecule has 18 heavy (non-hydrogen) atoms. The van der Waals surface area contributed by atoms with Crippen LogP contribution in [0.15, 0.2) is 0 Å². The van der Waals surface area contributed by atoms with E-state index in [1.54, 1.807) is 0 Å². The summed E-state index contributed by atoms with van der Waals surface area (Å²) < 4.78 is 2.09. The maximum atomic E-state index is 6.30. The number of hydrogen-bond acceptors (Lipinski definition) is 3. The minimum atomic E-state index is 0.288. The summed E-state index contributed by atoms with van der Waals surface area (Å²) in [6.45, 7) is 12.5. The molecule has 2 aromatic heterocycles. The molecule has 98 valence electrons. The van der Waals surface area contributed by atoms with Crippen LogP contribution in [0.4, 0.5) is 5.82 Å². The molecule has 0 fully saturated rings. The highest BCUT2D eigenvalue weighted by Crippen LogP contribution is 2.34. The van der Waals surface area contributed by atoms with E-state index in [1.165, 1.54) is 0 Å². The molecule has 0 aliphatic rings. The van der Waals surface area contributed by atoms with Gasteiger partial charge in [-0.25, -0.2) is 9.97 Å². The summed E-state index contributed by atoms with van der Waals surface area (Å²) in [5.41, 5.74) is 11.2. The van der Waals surface area contributed by atoms with Gasteiger partial charge in [-0.15, -0.1) is 0 Å². The van der Waals surface area contributed by atoms with E-state index in [-0.39, 0.29) is 6.04 Å². The molecule has 0 saturated carbocycles. The smallest absolute Gasteiger partial charge is 0.161 e. The summed E-state index contributed by atoms with van der Waals surface area (Å²) in [6, 6.07) is 0.288. The third kappa shape index (κ3) is 1.76. The zero-order chi connectivity index (χ0) is 13.6. The van der Waals surface area contributed by atoms with E-state index in [4.69, 9.17) is 10.7 Å². The summed E-state index contributed by atoms with van der Waals surface area (Å²) in [7, 11) is 0. The molecule has 0 aromatic carbocycles. The van der Waals surface area contributed by atoms with Crippen LogP contribution in [0, 0.1) is 13.8 Å². The van der Waals surface area contributed by atoms with Crippen molar-refractivity contribution in [1.29, 1.82) is 0 Å². The van der Waals surface area contributed by atoms with E-state index in [0.717, 1.165) is 33.9 Å². The zero-order valence-electron chi connectivity index (χ0n) is 12.1. The Morgan fingerprint density at radius 2 is 1.56 bits per heavy atom. The Kier molecular flexibility index (Phi) is 3.05. The number of nitrogens with two attached hydrogens (primary N) is 1. The number of anilines is 1. The fraction of sp³-hybridized carbons (Fsp3) is 0.571. The molecule has 0 unspecified atom stereocenters. The number of nitrogens with zero attached hydrogens (tertiary/aromatic N) is 3. The summed E-state index contributed by atoms with van der Waals surface area (Å²) in [5.74, 6) is 1.16. The molecule has 0 spiro atoms. The second-order valence-electron chi connectivity index (χ2n) is 5.48. The zero-order valence-corrected chi connectivity index (χ0v) is 12.1. The number of rotatable bonds is 2. The first-order chi connectivity index (χ1) is 8.34. The average Bonchev–Trinajstić information content (AvgIpc) is 2.50. The Hall–Kier alpha value is -1.58. The third-order valence-electron chi connectivity index (χ3n) is 3.40. The fourth-order valence-electron chi connectivity index (χ4n) is 2.40. The fourth-order valence-corrected chi connectivity index (χ4v) is 2.40. The van der Waals surface area contributed by atoms with E-state index in [1.807, 2.05) is 13.8 Å².